The minimum atomic E-state index is -3.74. The lowest BCUT2D eigenvalue weighted by Gasteiger charge is -2.39. The smallest absolute Gasteiger partial charge is 0.243 e. The highest BCUT2D eigenvalue weighted by atomic mass is 32.2. The molecule has 32 heavy (non-hydrogen) atoms. The first-order chi connectivity index (χ1) is 15.4. The quantitative estimate of drug-likeness (QED) is 0.577. The maximum Gasteiger partial charge on any atom is 0.243 e. The molecule has 0 amide bonds. The fourth-order valence-electron chi connectivity index (χ4n) is 4.83. The van der Waals surface area contributed by atoms with Gasteiger partial charge in [-0.3, -0.25) is 0 Å². The summed E-state index contributed by atoms with van der Waals surface area (Å²) in [4.78, 5) is 0.251. The van der Waals surface area contributed by atoms with Gasteiger partial charge < -0.3 is 4.74 Å². The molecule has 0 spiro atoms. The predicted octanol–water partition coefficient (Wildman–Crippen LogP) is 4.76. The van der Waals surface area contributed by atoms with E-state index in [0.29, 0.717) is 12.2 Å². The molecule has 0 N–H and O–H groups in total. The topological polar surface area (TPSA) is 46.6 Å². The molecular weight excluding hydrogens is 425 g/mol. The fourth-order valence-corrected chi connectivity index (χ4v) is 6.31. The van der Waals surface area contributed by atoms with Crippen molar-refractivity contribution in [3.8, 4) is 0 Å². The van der Waals surface area contributed by atoms with E-state index in [1.54, 1.807) is 30.3 Å². The number of hydrogen-bond donors (Lipinski definition) is 0. The molecule has 2 aliphatic heterocycles. The molecule has 5 rings (SSSR count). The molecule has 3 aromatic rings. The van der Waals surface area contributed by atoms with Crippen LogP contribution in [0.15, 0.2) is 89.8 Å². The van der Waals surface area contributed by atoms with E-state index in [1.165, 1.54) is 16.4 Å². The third-order valence-electron chi connectivity index (χ3n) is 6.46. The Bertz CT molecular complexity index is 1270. The van der Waals surface area contributed by atoms with E-state index in [9.17, 15) is 12.8 Å². The van der Waals surface area contributed by atoms with Crippen LogP contribution in [-0.2, 0) is 20.4 Å². The monoisotopic (exact) mass is 449 g/mol. The van der Waals surface area contributed by atoms with Gasteiger partial charge in [0.15, 0.2) is 0 Å². The summed E-state index contributed by atoms with van der Waals surface area (Å²) in [5.74, 6) is -0.629. The van der Waals surface area contributed by atoms with Crippen LogP contribution in [0, 0.1) is 18.7 Å². The zero-order valence-corrected chi connectivity index (χ0v) is 18.6. The van der Waals surface area contributed by atoms with Gasteiger partial charge in [-0.15, -0.1) is 0 Å². The molecule has 0 unspecified atom stereocenters. The first kappa shape index (κ1) is 21.1. The molecule has 4 nitrogen and oxygen atoms in total. The molecule has 2 heterocycles. The zero-order valence-electron chi connectivity index (χ0n) is 17.7. The second kappa shape index (κ2) is 7.96. The molecule has 0 bridgehead atoms. The van der Waals surface area contributed by atoms with Crippen molar-refractivity contribution in [3.05, 3.63) is 107 Å². The summed E-state index contributed by atoms with van der Waals surface area (Å²) in [6.45, 7) is 2.63. The highest BCUT2D eigenvalue weighted by Crippen LogP contribution is 2.50. The van der Waals surface area contributed by atoms with Crippen molar-refractivity contribution in [2.45, 2.75) is 17.4 Å². The fraction of sp³-hybridized carbons (Fsp3) is 0.231. The average Bonchev–Trinajstić information content (AvgIpc) is 3.22. The number of halogens is 1. The Morgan fingerprint density at radius 2 is 1.75 bits per heavy atom. The van der Waals surface area contributed by atoms with Crippen LogP contribution in [0.2, 0.25) is 0 Å². The van der Waals surface area contributed by atoms with Gasteiger partial charge in [-0.05, 0) is 47.9 Å². The predicted molar refractivity (Wildman–Crippen MR) is 122 cm³/mol. The molecule has 6 heteroatoms. The van der Waals surface area contributed by atoms with Crippen molar-refractivity contribution < 1.29 is 17.5 Å². The minimum Gasteiger partial charge on any atom is -0.364 e. The third-order valence-corrected chi connectivity index (χ3v) is 8.28. The number of benzene rings is 3. The molecule has 1 fully saturated rings. The van der Waals surface area contributed by atoms with Crippen LogP contribution in [0.1, 0.15) is 16.7 Å². The lowest BCUT2D eigenvalue weighted by atomic mass is 9.76. The van der Waals surface area contributed by atoms with Crippen LogP contribution in [0.4, 0.5) is 4.39 Å². The van der Waals surface area contributed by atoms with Crippen LogP contribution < -0.4 is 0 Å². The second-order valence-corrected chi connectivity index (χ2v) is 10.3. The second-order valence-electron chi connectivity index (χ2n) is 8.40. The van der Waals surface area contributed by atoms with Gasteiger partial charge in [0, 0.05) is 19.0 Å². The van der Waals surface area contributed by atoms with E-state index in [4.69, 9.17) is 4.74 Å². The van der Waals surface area contributed by atoms with Crippen LogP contribution in [0.3, 0.4) is 0 Å². The molecule has 164 valence electrons. The van der Waals surface area contributed by atoms with E-state index < -0.39 is 15.6 Å². The SMILES string of the molecule is Cc1ccc(S(=O)(=O)N2C[C@@H]3C(c4ccccc4)=CCO[C@]3(c3cccc(F)c3)C2)cc1. The standard InChI is InChI=1S/C26H24FNO3S/c1-19-10-12-23(13-11-19)32(29,30)28-17-25-24(20-6-3-2-4-7-20)14-15-31-26(25,18-28)21-8-5-9-22(27)16-21/h2-14,16,25H,15,17-18H2,1H3/t25-,26+/m1/s1. The van der Waals surface area contributed by atoms with Gasteiger partial charge in [-0.25, -0.2) is 12.8 Å². The summed E-state index contributed by atoms with van der Waals surface area (Å²) >= 11 is 0. The molecule has 3 aromatic carbocycles. The van der Waals surface area contributed by atoms with Crippen molar-refractivity contribution in [1.29, 1.82) is 0 Å². The number of nitrogens with zero attached hydrogens (tertiary/aromatic N) is 1. The molecule has 0 aromatic heterocycles. The van der Waals surface area contributed by atoms with Gasteiger partial charge in [-0.2, -0.15) is 4.31 Å². The lowest BCUT2D eigenvalue weighted by molar-refractivity contribution is -0.0489. The van der Waals surface area contributed by atoms with Crippen LogP contribution in [0.5, 0.6) is 0 Å². The minimum absolute atomic E-state index is 0.126. The Kier molecular flexibility index (Phi) is 5.24. The summed E-state index contributed by atoms with van der Waals surface area (Å²) < 4.78 is 49.1. The summed E-state index contributed by atoms with van der Waals surface area (Å²) in [6.07, 6.45) is 2.01. The molecular formula is C26H24FNO3S. The average molecular weight is 450 g/mol. The maximum atomic E-state index is 14.2. The molecule has 0 radical (unpaired) electrons. The van der Waals surface area contributed by atoms with E-state index in [-0.39, 0.29) is 29.7 Å². The Labute approximate surface area is 188 Å². The third kappa shape index (κ3) is 3.48. The van der Waals surface area contributed by atoms with Gasteiger partial charge in [0.05, 0.1) is 11.5 Å². The summed E-state index contributed by atoms with van der Waals surface area (Å²) in [5.41, 5.74) is 2.75. The number of sulfonamides is 1. The van der Waals surface area contributed by atoms with Crippen LogP contribution in [0.25, 0.3) is 5.57 Å². The molecule has 1 saturated heterocycles. The van der Waals surface area contributed by atoms with Gasteiger partial charge in [0.25, 0.3) is 0 Å². The number of aryl methyl sites for hydroxylation is 1. The van der Waals surface area contributed by atoms with E-state index >= 15 is 0 Å². The van der Waals surface area contributed by atoms with E-state index in [1.807, 2.05) is 49.4 Å². The van der Waals surface area contributed by atoms with E-state index in [0.717, 1.165) is 16.7 Å². The Hall–Kier alpha value is -2.80. The van der Waals surface area contributed by atoms with Gasteiger partial charge in [-0.1, -0.05) is 66.2 Å². The molecule has 0 saturated carbocycles. The zero-order chi connectivity index (χ0) is 22.3. The normalized spacial score (nSPS) is 23.6. The number of rotatable bonds is 4. The number of ether oxygens (including phenoxy) is 1. The Morgan fingerprint density at radius 1 is 1.00 bits per heavy atom. The molecule has 2 aliphatic rings. The van der Waals surface area contributed by atoms with Crippen LogP contribution in [-0.4, -0.2) is 32.4 Å². The number of fused-ring (bicyclic) bond motifs is 1. The highest BCUT2D eigenvalue weighted by molar-refractivity contribution is 7.89. The van der Waals surface area contributed by atoms with Gasteiger partial charge in [0.2, 0.25) is 10.0 Å². The maximum absolute atomic E-state index is 14.2. The molecule has 2 atom stereocenters. The van der Waals surface area contributed by atoms with Gasteiger partial charge >= 0.3 is 0 Å². The van der Waals surface area contributed by atoms with E-state index in [2.05, 4.69) is 0 Å². The van der Waals surface area contributed by atoms with Crippen molar-refractivity contribution in [2.24, 2.45) is 5.92 Å². The van der Waals surface area contributed by atoms with Crippen molar-refractivity contribution in [3.63, 3.8) is 0 Å². The number of hydrogen-bond acceptors (Lipinski definition) is 3. The Morgan fingerprint density at radius 3 is 2.47 bits per heavy atom. The van der Waals surface area contributed by atoms with Crippen molar-refractivity contribution in [2.75, 3.05) is 19.7 Å². The first-order valence-electron chi connectivity index (χ1n) is 10.6. The largest absolute Gasteiger partial charge is 0.364 e. The van der Waals surface area contributed by atoms with Gasteiger partial charge in [0.1, 0.15) is 11.4 Å². The highest BCUT2D eigenvalue weighted by Gasteiger charge is 2.55. The lowest BCUT2D eigenvalue weighted by Crippen LogP contribution is -2.42. The summed E-state index contributed by atoms with van der Waals surface area (Å²) in [6, 6.07) is 23.1. The Balaban J connectivity index is 1.62. The molecule has 0 aliphatic carbocycles. The van der Waals surface area contributed by atoms with Crippen LogP contribution >= 0.6 is 0 Å². The van der Waals surface area contributed by atoms with Crippen molar-refractivity contribution in [1.82, 2.24) is 4.31 Å². The first-order valence-corrected chi connectivity index (χ1v) is 12.1. The summed E-state index contributed by atoms with van der Waals surface area (Å²) in [7, 11) is -3.74. The summed E-state index contributed by atoms with van der Waals surface area (Å²) in [5, 5.41) is 0. The van der Waals surface area contributed by atoms with Crippen molar-refractivity contribution >= 4 is 15.6 Å².